The highest BCUT2D eigenvalue weighted by Gasteiger charge is 2.03. The quantitative estimate of drug-likeness (QED) is 0.621. The van der Waals surface area contributed by atoms with Gasteiger partial charge in [0.25, 0.3) is 0 Å². The van der Waals surface area contributed by atoms with Gasteiger partial charge in [-0.15, -0.1) is 0 Å². The van der Waals surface area contributed by atoms with Gasteiger partial charge in [-0.3, -0.25) is 4.98 Å². The largest absolute Gasteiger partial charge is 0.341 e. The molecule has 0 aliphatic carbocycles. The van der Waals surface area contributed by atoms with E-state index in [2.05, 4.69) is 15.0 Å². The Hall–Kier alpha value is -1.90. The Kier molecular flexibility index (Phi) is 2.86. The summed E-state index contributed by atoms with van der Waals surface area (Å²) in [5.41, 5.74) is 3.00. The zero-order chi connectivity index (χ0) is 11.5. The van der Waals surface area contributed by atoms with Crippen LogP contribution in [0.1, 0.15) is 19.7 Å². The number of imidazole rings is 1. The van der Waals surface area contributed by atoms with E-state index in [0.717, 1.165) is 27.8 Å². The fraction of sp³-hybridized carbons (Fsp3) is 0.231. The molecule has 3 rings (SSSR count). The van der Waals surface area contributed by atoms with Gasteiger partial charge >= 0.3 is 0 Å². The Balaban J connectivity index is 0.000000457. The molecule has 3 aromatic rings. The first-order valence-corrected chi connectivity index (χ1v) is 5.55. The number of nitrogens with zero attached hydrogens (tertiary/aromatic N) is 2. The van der Waals surface area contributed by atoms with Crippen LogP contribution in [-0.2, 0) is 0 Å². The van der Waals surface area contributed by atoms with Crippen LogP contribution in [0.15, 0.2) is 30.5 Å². The van der Waals surface area contributed by atoms with Gasteiger partial charge in [0.05, 0.1) is 22.7 Å². The maximum atomic E-state index is 4.45. The average molecular weight is 213 g/mol. The molecule has 16 heavy (non-hydrogen) atoms. The smallest absolute Gasteiger partial charge is 0.104 e. The third kappa shape index (κ3) is 1.65. The third-order valence-electron chi connectivity index (χ3n) is 2.34. The van der Waals surface area contributed by atoms with Gasteiger partial charge in [0, 0.05) is 5.39 Å². The minimum absolute atomic E-state index is 0.929. The van der Waals surface area contributed by atoms with Crippen molar-refractivity contribution in [1.82, 2.24) is 15.0 Å². The van der Waals surface area contributed by atoms with E-state index in [1.165, 1.54) is 0 Å². The van der Waals surface area contributed by atoms with Crippen LogP contribution in [0, 0.1) is 6.92 Å². The van der Waals surface area contributed by atoms with Crippen molar-refractivity contribution in [3.63, 3.8) is 0 Å². The lowest BCUT2D eigenvalue weighted by atomic mass is 10.2. The molecule has 1 N–H and O–H groups in total. The summed E-state index contributed by atoms with van der Waals surface area (Å²) in [6, 6.07) is 8.04. The van der Waals surface area contributed by atoms with Gasteiger partial charge in [0.2, 0.25) is 0 Å². The first-order valence-electron chi connectivity index (χ1n) is 5.55. The van der Waals surface area contributed by atoms with Gasteiger partial charge < -0.3 is 4.98 Å². The molecule has 82 valence electrons. The second kappa shape index (κ2) is 4.31. The number of pyridine rings is 1. The fourth-order valence-electron chi connectivity index (χ4n) is 1.73. The molecule has 0 aliphatic heterocycles. The van der Waals surface area contributed by atoms with Crippen LogP contribution in [0.25, 0.3) is 21.9 Å². The summed E-state index contributed by atoms with van der Waals surface area (Å²) in [6.07, 6.45) is 1.83. The maximum absolute atomic E-state index is 4.45. The Morgan fingerprint density at radius 2 is 1.88 bits per heavy atom. The molecule has 0 spiro atoms. The summed E-state index contributed by atoms with van der Waals surface area (Å²) in [5, 5.41) is 1.11. The Labute approximate surface area is 94.5 Å². The predicted molar refractivity (Wildman–Crippen MR) is 67.5 cm³/mol. The van der Waals surface area contributed by atoms with Crippen LogP contribution in [0.5, 0.6) is 0 Å². The minimum atomic E-state index is 0.929. The molecule has 0 unspecified atom stereocenters. The van der Waals surface area contributed by atoms with Gasteiger partial charge in [-0.05, 0) is 13.0 Å². The van der Waals surface area contributed by atoms with E-state index in [0.29, 0.717) is 0 Å². The van der Waals surface area contributed by atoms with E-state index in [9.17, 15) is 0 Å². The van der Waals surface area contributed by atoms with Crippen LogP contribution in [0.4, 0.5) is 0 Å². The summed E-state index contributed by atoms with van der Waals surface area (Å²) in [6.45, 7) is 5.95. The molecule has 0 saturated carbocycles. The Morgan fingerprint density at radius 3 is 2.69 bits per heavy atom. The summed E-state index contributed by atoms with van der Waals surface area (Å²) >= 11 is 0. The first-order chi connectivity index (χ1) is 7.84. The molecule has 0 bridgehead atoms. The summed E-state index contributed by atoms with van der Waals surface area (Å²) in [4.78, 5) is 12.0. The standard InChI is InChI=1S/C11H9N3.C2H6/c1-7-13-10-6-12-9-5-3-2-4-8(9)11(10)14-7;1-2/h2-6H,1H3,(H,13,14);1-2H3. The fourth-order valence-corrected chi connectivity index (χ4v) is 1.73. The van der Waals surface area contributed by atoms with Crippen molar-refractivity contribution >= 4 is 21.9 Å². The van der Waals surface area contributed by atoms with Crippen LogP contribution in [0.3, 0.4) is 0 Å². The highest BCUT2D eigenvalue weighted by molar-refractivity contribution is 6.01. The van der Waals surface area contributed by atoms with Gasteiger partial charge in [-0.25, -0.2) is 4.98 Å². The molecule has 0 radical (unpaired) electrons. The van der Waals surface area contributed by atoms with Gasteiger partial charge in [0.15, 0.2) is 0 Å². The number of hydrogen-bond donors (Lipinski definition) is 1. The van der Waals surface area contributed by atoms with Gasteiger partial charge in [-0.2, -0.15) is 0 Å². The van der Waals surface area contributed by atoms with Crippen molar-refractivity contribution in [2.45, 2.75) is 20.8 Å². The van der Waals surface area contributed by atoms with Crippen molar-refractivity contribution in [2.75, 3.05) is 0 Å². The van der Waals surface area contributed by atoms with Crippen LogP contribution >= 0.6 is 0 Å². The van der Waals surface area contributed by atoms with Crippen molar-refractivity contribution in [3.05, 3.63) is 36.3 Å². The molecular formula is C13H15N3. The van der Waals surface area contributed by atoms with E-state index in [4.69, 9.17) is 0 Å². The second-order valence-corrected chi connectivity index (χ2v) is 3.36. The number of benzene rings is 1. The molecule has 3 heteroatoms. The molecule has 0 saturated heterocycles. The zero-order valence-electron chi connectivity index (χ0n) is 9.78. The zero-order valence-corrected chi connectivity index (χ0v) is 9.78. The average Bonchev–Trinajstić information content (AvgIpc) is 2.72. The highest BCUT2D eigenvalue weighted by Crippen LogP contribution is 2.20. The monoisotopic (exact) mass is 213 g/mol. The van der Waals surface area contributed by atoms with Crippen LogP contribution < -0.4 is 0 Å². The number of para-hydroxylation sites is 1. The molecule has 0 amide bonds. The van der Waals surface area contributed by atoms with E-state index < -0.39 is 0 Å². The van der Waals surface area contributed by atoms with E-state index in [-0.39, 0.29) is 0 Å². The Bertz CT molecular complexity index is 611. The van der Waals surface area contributed by atoms with Crippen LogP contribution in [-0.4, -0.2) is 15.0 Å². The minimum Gasteiger partial charge on any atom is -0.341 e. The number of aromatic nitrogens is 3. The number of hydrogen-bond acceptors (Lipinski definition) is 2. The van der Waals surface area contributed by atoms with E-state index >= 15 is 0 Å². The van der Waals surface area contributed by atoms with Gasteiger partial charge in [-0.1, -0.05) is 32.0 Å². The van der Waals surface area contributed by atoms with Gasteiger partial charge in [0.1, 0.15) is 5.82 Å². The summed E-state index contributed by atoms with van der Waals surface area (Å²) in [7, 11) is 0. The second-order valence-electron chi connectivity index (χ2n) is 3.36. The number of aromatic amines is 1. The lowest BCUT2D eigenvalue weighted by molar-refractivity contribution is 1.17. The van der Waals surface area contributed by atoms with E-state index in [1.54, 1.807) is 0 Å². The summed E-state index contributed by atoms with van der Waals surface area (Å²) < 4.78 is 0. The maximum Gasteiger partial charge on any atom is 0.104 e. The van der Waals surface area contributed by atoms with Crippen LogP contribution in [0.2, 0.25) is 0 Å². The Morgan fingerprint density at radius 1 is 1.12 bits per heavy atom. The lowest BCUT2D eigenvalue weighted by Crippen LogP contribution is -1.79. The number of fused-ring (bicyclic) bond motifs is 3. The molecule has 0 atom stereocenters. The molecule has 1 aromatic carbocycles. The molecule has 2 heterocycles. The number of aryl methyl sites for hydroxylation is 1. The van der Waals surface area contributed by atoms with Crippen molar-refractivity contribution < 1.29 is 0 Å². The van der Waals surface area contributed by atoms with E-state index in [1.807, 2.05) is 51.2 Å². The molecule has 3 nitrogen and oxygen atoms in total. The molecule has 2 aromatic heterocycles. The molecule has 0 aliphatic rings. The molecular weight excluding hydrogens is 198 g/mol. The van der Waals surface area contributed by atoms with Crippen molar-refractivity contribution in [3.8, 4) is 0 Å². The number of rotatable bonds is 0. The molecule has 0 fully saturated rings. The highest BCUT2D eigenvalue weighted by atomic mass is 14.9. The predicted octanol–water partition coefficient (Wildman–Crippen LogP) is 3.45. The van der Waals surface area contributed by atoms with Crippen molar-refractivity contribution in [2.24, 2.45) is 0 Å². The topological polar surface area (TPSA) is 41.6 Å². The summed E-state index contributed by atoms with van der Waals surface area (Å²) in [5.74, 6) is 0.929. The SMILES string of the molecule is CC.Cc1nc2c(cnc3ccccc32)[nH]1. The first kappa shape index (κ1) is 10.6. The lowest BCUT2D eigenvalue weighted by Gasteiger charge is -1.95. The third-order valence-corrected chi connectivity index (χ3v) is 2.34. The normalized spacial score (nSPS) is 10.2. The number of nitrogens with one attached hydrogen (secondary N) is 1. The number of H-pyrrole nitrogens is 1. The van der Waals surface area contributed by atoms with Crippen molar-refractivity contribution in [1.29, 1.82) is 0 Å².